The molecule has 0 atom stereocenters. The first-order chi connectivity index (χ1) is 11.7. The Morgan fingerprint density at radius 3 is 2.12 bits per heavy atom. The van der Waals surface area contributed by atoms with Crippen molar-refractivity contribution >= 4 is 15.7 Å². The summed E-state index contributed by atoms with van der Waals surface area (Å²) in [4.78, 5) is 14.1. The lowest BCUT2D eigenvalue weighted by Gasteiger charge is -2.18. The van der Waals surface area contributed by atoms with Gasteiger partial charge in [0.15, 0.2) is 9.84 Å². The lowest BCUT2D eigenvalue weighted by Crippen LogP contribution is -2.30. The Morgan fingerprint density at radius 2 is 1.60 bits per heavy atom. The number of amides is 1. The molecule has 0 aliphatic heterocycles. The summed E-state index contributed by atoms with van der Waals surface area (Å²) in [6.45, 7) is 4.83. The van der Waals surface area contributed by atoms with Crippen LogP contribution in [-0.4, -0.2) is 45.7 Å². The molecule has 0 N–H and O–H groups in total. The fourth-order valence-corrected chi connectivity index (χ4v) is 3.11. The maximum Gasteiger partial charge on any atom is 0.253 e. The molecule has 0 radical (unpaired) electrons. The van der Waals surface area contributed by atoms with Crippen LogP contribution < -0.4 is 4.74 Å². The summed E-state index contributed by atoms with van der Waals surface area (Å²) in [5.74, 6) is 0.611. The molecule has 0 fully saturated rings. The summed E-state index contributed by atoms with van der Waals surface area (Å²) in [5.41, 5.74) is 2.71. The molecule has 0 bridgehead atoms. The molecule has 0 spiro atoms. The minimum Gasteiger partial charge on any atom is -0.492 e. The van der Waals surface area contributed by atoms with E-state index in [9.17, 15) is 13.2 Å². The molecule has 0 aromatic heterocycles. The van der Waals surface area contributed by atoms with E-state index in [0.717, 1.165) is 23.1 Å². The smallest absolute Gasteiger partial charge is 0.253 e. The molecule has 134 valence electrons. The number of likely N-dealkylation sites (N-methyl/N-ethyl adjacent to an activating group) is 1. The summed E-state index contributed by atoms with van der Waals surface area (Å²) < 4.78 is 28.6. The van der Waals surface area contributed by atoms with Gasteiger partial charge in [-0.3, -0.25) is 4.79 Å². The standard InChI is InChI=1S/C19H23NO4S/c1-14-11-15(2)13-17(12-14)24-10-9-20(3)19(21)16-5-7-18(8-6-16)25(4,22)23/h5-8,11-13H,9-10H2,1-4H3. The maximum absolute atomic E-state index is 12.4. The minimum absolute atomic E-state index is 0.177. The van der Waals surface area contributed by atoms with E-state index in [0.29, 0.717) is 18.7 Å². The van der Waals surface area contributed by atoms with Crippen LogP contribution in [-0.2, 0) is 9.84 Å². The van der Waals surface area contributed by atoms with Gasteiger partial charge in [-0.05, 0) is 61.4 Å². The van der Waals surface area contributed by atoms with Crippen LogP contribution in [0.5, 0.6) is 5.75 Å². The fourth-order valence-electron chi connectivity index (χ4n) is 2.48. The molecular formula is C19H23NO4S. The first-order valence-electron chi connectivity index (χ1n) is 7.93. The van der Waals surface area contributed by atoms with E-state index in [1.165, 1.54) is 24.3 Å². The third-order valence-electron chi connectivity index (χ3n) is 3.77. The van der Waals surface area contributed by atoms with Crippen molar-refractivity contribution in [1.82, 2.24) is 4.90 Å². The summed E-state index contributed by atoms with van der Waals surface area (Å²) in [5, 5.41) is 0. The monoisotopic (exact) mass is 361 g/mol. The van der Waals surface area contributed by atoms with E-state index in [-0.39, 0.29) is 10.8 Å². The van der Waals surface area contributed by atoms with Crippen molar-refractivity contribution in [1.29, 1.82) is 0 Å². The second-order valence-corrected chi connectivity index (χ2v) is 8.21. The average Bonchev–Trinajstić information content (AvgIpc) is 2.52. The molecule has 1 amide bonds. The van der Waals surface area contributed by atoms with Gasteiger partial charge in [-0.15, -0.1) is 0 Å². The van der Waals surface area contributed by atoms with E-state index >= 15 is 0 Å². The molecule has 2 aromatic carbocycles. The van der Waals surface area contributed by atoms with Gasteiger partial charge in [-0.25, -0.2) is 8.42 Å². The highest BCUT2D eigenvalue weighted by atomic mass is 32.2. The summed E-state index contributed by atoms with van der Waals surface area (Å²) in [7, 11) is -1.57. The van der Waals surface area contributed by atoms with Crippen molar-refractivity contribution in [3.8, 4) is 5.75 Å². The second-order valence-electron chi connectivity index (χ2n) is 6.20. The number of ether oxygens (including phenoxy) is 1. The van der Waals surface area contributed by atoms with Crippen molar-refractivity contribution in [3.05, 3.63) is 59.2 Å². The Hall–Kier alpha value is -2.34. The van der Waals surface area contributed by atoms with Gasteiger partial charge >= 0.3 is 0 Å². The quantitative estimate of drug-likeness (QED) is 0.794. The van der Waals surface area contributed by atoms with Gasteiger partial charge in [0.25, 0.3) is 5.91 Å². The number of sulfone groups is 1. The number of hydrogen-bond acceptors (Lipinski definition) is 4. The lowest BCUT2D eigenvalue weighted by molar-refractivity contribution is 0.0773. The van der Waals surface area contributed by atoms with Crippen molar-refractivity contribution in [3.63, 3.8) is 0 Å². The van der Waals surface area contributed by atoms with Gasteiger partial charge in [-0.2, -0.15) is 0 Å². The van der Waals surface area contributed by atoms with E-state index < -0.39 is 9.84 Å². The Labute approximate surface area is 149 Å². The molecule has 0 saturated heterocycles. The lowest BCUT2D eigenvalue weighted by atomic mass is 10.1. The van der Waals surface area contributed by atoms with Crippen LogP contribution in [0.2, 0.25) is 0 Å². The topological polar surface area (TPSA) is 63.7 Å². The van der Waals surface area contributed by atoms with E-state index in [1.807, 2.05) is 26.0 Å². The number of carbonyl (C=O) groups is 1. The third kappa shape index (κ3) is 5.32. The van der Waals surface area contributed by atoms with Crippen LogP contribution in [0.4, 0.5) is 0 Å². The Kier molecular flexibility index (Phi) is 5.85. The number of benzene rings is 2. The average molecular weight is 361 g/mol. The highest BCUT2D eigenvalue weighted by molar-refractivity contribution is 7.90. The Balaban J connectivity index is 1.94. The predicted octanol–water partition coefficient (Wildman–Crippen LogP) is 2.86. The molecule has 25 heavy (non-hydrogen) atoms. The van der Waals surface area contributed by atoms with Crippen LogP contribution >= 0.6 is 0 Å². The number of aryl methyl sites for hydroxylation is 2. The zero-order chi connectivity index (χ0) is 18.6. The largest absolute Gasteiger partial charge is 0.492 e. The van der Waals surface area contributed by atoms with Gasteiger partial charge in [0.05, 0.1) is 11.4 Å². The number of rotatable bonds is 6. The zero-order valence-electron chi connectivity index (χ0n) is 14.9. The summed E-state index contributed by atoms with van der Waals surface area (Å²) in [6.07, 6.45) is 1.14. The molecule has 5 nitrogen and oxygen atoms in total. The summed E-state index contributed by atoms with van der Waals surface area (Å²) >= 11 is 0. The molecule has 0 aliphatic rings. The summed E-state index contributed by atoms with van der Waals surface area (Å²) in [6, 6.07) is 11.9. The van der Waals surface area contributed by atoms with Gasteiger partial charge in [-0.1, -0.05) is 6.07 Å². The molecule has 6 heteroatoms. The number of nitrogens with zero attached hydrogens (tertiary/aromatic N) is 1. The predicted molar refractivity (Wildman–Crippen MR) is 97.9 cm³/mol. The molecular weight excluding hydrogens is 338 g/mol. The molecule has 2 rings (SSSR count). The van der Waals surface area contributed by atoms with Crippen molar-refractivity contribution < 1.29 is 17.9 Å². The molecule has 0 saturated carbocycles. The minimum atomic E-state index is -3.26. The van der Waals surface area contributed by atoms with Crippen LogP contribution in [0.3, 0.4) is 0 Å². The third-order valence-corrected chi connectivity index (χ3v) is 4.90. The van der Waals surface area contributed by atoms with Crippen LogP contribution in [0.1, 0.15) is 21.5 Å². The van der Waals surface area contributed by atoms with Crippen molar-refractivity contribution in [2.75, 3.05) is 26.5 Å². The Morgan fingerprint density at radius 1 is 1.04 bits per heavy atom. The van der Waals surface area contributed by atoms with Gasteiger partial charge in [0.2, 0.25) is 0 Å². The van der Waals surface area contributed by atoms with Crippen molar-refractivity contribution in [2.24, 2.45) is 0 Å². The van der Waals surface area contributed by atoms with Crippen LogP contribution in [0.25, 0.3) is 0 Å². The van der Waals surface area contributed by atoms with Crippen molar-refractivity contribution in [2.45, 2.75) is 18.7 Å². The normalized spacial score (nSPS) is 11.2. The fraction of sp³-hybridized carbons (Fsp3) is 0.316. The molecule has 0 unspecified atom stereocenters. The van der Waals surface area contributed by atoms with E-state index in [1.54, 1.807) is 11.9 Å². The van der Waals surface area contributed by atoms with E-state index in [2.05, 4.69) is 6.07 Å². The van der Waals surface area contributed by atoms with Gasteiger partial charge in [0.1, 0.15) is 12.4 Å². The van der Waals surface area contributed by atoms with Crippen LogP contribution in [0, 0.1) is 13.8 Å². The second kappa shape index (κ2) is 7.70. The first-order valence-corrected chi connectivity index (χ1v) is 9.82. The molecule has 2 aromatic rings. The number of hydrogen-bond donors (Lipinski definition) is 0. The first kappa shape index (κ1) is 19.0. The molecule has 0 heterocycles. The Bertz CT molecular complexity index is 837. The maximum atomic E-state index is 12.4. The number of carbonyl (C=O) groups excluding carboxylic acids is 1. The highest BCUT2D eigenvalue weighted by Gasteiger charge is 2.13. The van der Waals surface area contributed by atoms with Gasteiger partial charge < -0.3 is 9.64 Å². The SMILES string of the molecule is Cc1cc(C)cc(OCCN(C)C(=O)c2ccc(S(C)(=O)=O)cc2)c1. The van der Waals surface area contributed by atoms with Crippen LogP contribution in [0.15, 0.2) is 47.4 Å². The van der Waals surface area contributed by atoms with E-state index in [4.69, 9.17) is 4.74 Å². The highest BCUT2D eigenvalue weighted by Crippen LogP contribution is 2.16. The van der Waals surface area contributed by atoms with Gasteiger partial charge in [0, 0.05) is 18.9 Å². The zero-order valence-corrected chi connectivity index (χ0v) is 15.8. The molecule has 0 aliphatic carbocycles.